The summed E-state index contributed by atoms with van der Waals surface area (Å²) in [4.78, 5) is 26.5. The Kier molecular flexibility index (Phi) is 6.14. The molecule has 0 N–H and O–H groups in total. The van der Waals surface area contributed by atoms with Crippen molar-refractivity contribution in [3.05, 3.63) is 35.6 Å². The van der Waals surface area contributed by atoms with Gasteiger partial charge in [-0.25, -0.2) is 17.6 Å². The van der Waals surface area contributed by atoms with E-state index in [1.165, 1.54) is 18.2 Å². The van der Waals surface area contributed by atoms with Gasteiger partial charge in [0, 0.05) is 12.1 Å². The van der Waals surface area contributed by atoms with Crippen LogP contribution in [0.4, 0.5) is 4.39 Å². The normalized spacial score (nSPS) is 22.3. The Hall–Kier alpha value is -1.96. The first-order valence-electron chi connectivity index (χ1n) is 9.30. The highest BCUT2D eigenvalue weighted by Crippen LogP contribution is 2.28. The lowest BCUT2D eigenvalue weighted by Crippen LogP contribution is -2.50. The molecule has 1 saturated carbocycles. The molecule has 1 heterocycles. The zero-order valence-electron chi connectivity index (χ0n) is 15.1. The van der Waals surface area contributed by atoms with Gasteiger partial charge in [-0.15, -0.1) is 0 Å². The molecule has 1 aromatic rings. The molecule has 0 spiro atoms. The van der Waals surface area contributed by atoms with Crippen LogP contribution in [0.3, 0.4) is 0 Å². The molecule has 0 aromatic heterocycles. The Morgan fingerprint density at radius 3 is 2.48 bits per heavy atom. The van der Waals surface area contributed by atoms with Crippen molar-refractivity contribution >= 4 is 21.7 Å². The van der Waals surface area contributed by atoms with Gasteiger partial charge in [-0.3, -0.25) is 4.79 Å². The third-order valence-corrected chi connectivity index (χ3v) is 7.00. The number of esters is 1. The molecule has 0 bridgehead atoms. The second kappa shape index (κ2) is 8.37. The van der Waals surface area contributed by atoms with Gasteiger partial charge in [0.2, 0.25) is 0 Å². The van der Waals surface area contributed by atoms with Gasteiger partial charge in [0.1, 0.15) is 5.82 Å². The number of carbonyl (C=O) groups excluding carboxylic acids is 2. The number of ether oxygens (including phenoxy) is 1. The SMILES string of the molecule is O=C(OCC(=O)N(C1CCCCC1)C1CCS(=O)(=O)C1)c1cccc(F)c1. The maximum Gasteiger partial charge on any atom is 0.338 e. The topological polar surface area (TPSA) is 80.8 Å². The summed E-state index contributed by atoms with van der Waals surface area (Å²) in [5.41, 5.74) is 0.0375. The fourth-order valence-corrected chi connectivity index (χ4v) is 5.67. The zero-order valence-corrected chi connectivity index (χ0v) is 15.9. The van der Waals surface area contributed by atoms with Crippen LogP contribution in [-0.4, -0.2) is 55.4 Å². The Bertz CT molecular complexity index is 804. The largest absolute Gasteiger partial charge is 0.452 e. The zero-order chi connectivity index (χ0) is 19.4. The van der Waals surface area contributed by atoms with Crippen LogP contribution in [0.1, 0.15) is 48.9 Å². The highest BCUT2D eigenvalue weighted by atomic mass is 32.2. The van der Waals surface area contributed by atoms with Crippen LogP contribution in [0, 0.1) is 5.82 Å². The van der Waals surface area contributed by atoms with E-state index in [0.29, 0.717) is 6.42 Å². The first-order valence-corrected chi connectivity index (χ1v) is 11.1. The first kappa shape index (κ1) is 19.8. The fourth-order valence-electron chi connectivity index (χ4n) is 3.96. The van der Waals surface area contributed by atoms with E-state index in [1.54, 1.807) is 4.90 Å². The Morgan fingerprint density at radius 1 is 1.11 bits per heavy atom. The molecule has 3 rings (SSSR count). The van der Waals surface area contributed by atoms with Gasteiger partial charge in [-0.1, -0.05) is 25.3 Å². The molecule has 2 aliphatic rings. The van der Waals surface area contributed by atoms with E-state index >= 15 is 0 Å². The molecule has 1 atom stereocenters. The van der Waals surface area contributed by atoms with Gasteiger partial charge in [-0.05, 0) is 37.5 Å². The second-order valence-corrected chi connectivity index (χ2v) is 9.46. The van der Waals surface area contributed by atoms with Crippen LogP contribution < -0.4 is 0 Å². The van der Waals surface area contributed by atoms with E-state index in [0.717, 1.165) is 38.2 Å². The minimum atomic E-state index is -3.14. The maximum atomic E-state index is 13.2. The molecule has 8 heteroatoms. The third kappa shape index (κ3) is 5.06. The van der Waals surface area contributed by atoms with Crippen LogP contribution >= 0.6 is 0 Å². The molecule has 2 fully saturated rings. The van der Waals surface area contributed by atoms with Crippen molar-refractivity contribution in [3.63, 3.8) is 0 Å². The van der Waals surface area contributed by atoms with Crippen molar-refractivity contribution < 1.29 is 27.1 Å². The number of carbonyl (C=O) groups is 2. The minimum Gasteiger partial charge on any atom is -0.452 e. The van der Waals surface area contributed by atoms with Gasteiger partial charge in [0.15, 0.2) is 16.4 Å². The standard InChI is InChI=1S/C19H24FNO5S/c20-15-6-4-5-14(11-15)19(23)26-12-18(22)21(16-7-2-1-3-8-16)17-9-10-27(24,25)13-17/h4-6,11,16-17H,1-3,7-10,12-13H2. The minimum absolute atomic E-state index is 0.0163. The summed E-state index contributed by atoms with van der Waals surface area (Å²) in [6, 6.07) is 4.70. The highest BCUT2D eigenvalue weighted by Gasteiger charge is 2.38. The number of nitrogens with zero attached hydrogens (tertiary/aromatic N) is 1. The van der Waals surface area contributed by atoms with Crippen molar-refractivity contribution in [2.24, 2.45) is 0 Å². The number of halogens is 1. The van der Waals surface area contributed by atoms with Crippen LogP contribution in [0.25, 0.3) is 0 Å². The van der Waals surface area contributed by atoms with Crippen molar-refractivity contribution in [2.45, 2.75) is 50.6 Å². The molecule has 1 unspecified atom stereocenters. The number of hydrogen-bond acceptors (Lipinski definition) is 5. The smallest absolute Gasteiger partial charge is 0.338 e. The monoisotopic (exact) mass is 397 g/mol. The molecule has 1 amide bonds. The Morgan fingerprint density at radius 2 is 1.85 bits per heavy atom. The molecular formula is C19H24FNO5S. The average Bonchev–Trinajstić information content (AvgIpc) is 3.00. The predicted octanol–water partition coefficient (Wildman–Crippen LogP) is 2.33. The fraction of sp³-hybridized carbons (Fsp3) is 0.579. The van der Waals surface area contributed by atoms with Gasteiger partial charge in [0.05, 0.1) is 17.1 Å². The van der Waals surface area contributed by atoms with Gasteiger partial charge < -0.3 is 9.64 Å². The number of benzene rings is 1. The summed E-state index contributed by atoms with van der Waals surface area (Å²) in [7, 11) is -3.14. The predicted molar refractivity (Wildman–Crippen MR) is 97.5 cm³/mol. The molecule has 6 nitrogen and oxygen atoms in total. The lowest BCUT2D eigenvalue weighted by Gasteiger charge is -2.38. The third-order valence-electron chi connectivity index (χ3n) is 5.24. The maximum absolute atomic E-state index is 13.2. The van der Waals surface area contributed by atoms with E-state index in [4.69, 9.17) is 4.74 Å². The summed E-state index contributed by atoms with van der Waals surface area (Å²) in [6.07, 6.45) is 5.19. The number of sulfone groups is 1. The van der Waals surface area contributed by atoms with E-state index in [-0.39, 0.29) is 35.1 Å². The van der Waals surface area contributed by atoms with Crippen molar-refractivity contribution in [3.8, 4) is 0 Å². The van der Waals surface area contributed by atoms with Crippen LogP contribution in [0.15, 0.2) is 24.3 Å². The van der Waals surface area contributed by atoms with Crippen LogP contribution in [0.5, 0.6) is 0 Å². The Balaban J connectivity index is 1.68. The highest BCUT2D eigenvalue weighted by molar-refractivity contribution is 7.91. The molecule has 1 aromatic carbocycles. The molecular weight excluding hydrogens is 373 g/mol. The van der Waals surface area contributed by atoms with Crippen molar-refractivity contribution in [1.29, 1.82) is 0 Å². The van der Waals surface area contributed by atoms with Crippen LogP contribution in [-0.2, 0) is 19.4 Å². The number of rotatable bonds is 5. The average molecular weight is 397 g/mol. The molecule has 1 saturated heterocycles. The van der Waals surface area contributed by atoms with Crippen molar-refractivity contribution in [2.75, 3.05) is 18.1 Å². The Labute approximate surface area is 158 Å². The van der Waals surface area contributed by atoms with E-state index < -0.39 is 28.2 Å². The van der Waals surface area contributed by atoms with E-state index in [2.05, 4.69) is 0 Å². The molecule has 27 heavy (non-hydrogen) atoms. The van der Waals surface area contributed by atoms with E-state index in [1.807, 2.05) is 0 Å². The second-order valence-electron chi connectivity index (χ2n) is 7.24. The summed E-state index contributed by atoms with van der Waals surface area (Å²) < 4.78 is 42.1. The molecule has 148 valence electrons. The number of hydrogen-bond donors (Lipinski definition) is 0. The van der Waals surface area contributed by atoms with Crippen LogP contribution in [0.2, 0.25) is 0 Å². The molecule has 1 aliphatic carbocycles. The van der Waals surface area contributed by atoms with Gasteiger partial charge in [0.25, 0.3) is 5.91 Å². The van der Waals surface area contributed by atoms with Gasteiger partial charge >= 0.3 is 5.97 Å². The molecule has 1 aliphatic heterocycles. The summed E-state index contributed by atoms with van der Waals surface area (Å²) in [6.45, 7) is -0.470. The number of amides is 1. The van der Waals surface area contributed by atoms with Crippen molar-refractivity contribution in [1.82, 2.24) is 4.90 Å². The van der Waals surface area contributed by atoms with E-state index in [9.17, 15) is 22.4 Å². The molecule has 0 radical (unpaired) electrons. The van der Waals surface area contributed by atoms with Gasteiger partial charge in [-0.2, -0.15) is 0 Å². The summed E-state index contributed by atoms with van der Waals surface area (Å²) in [5, 5.41) is 0. The first-order chi connectivity index (χ1) is 12.9. The lowest BCUT2D eigenvalue weighted by atomic mass is 9.93. The summed E-state index contributed by atoms with van der Waals surface area (Å²) in [5.74, 6) is -1.67. The summed E-state index contributed by atoms with van der Waals surface area (Å²) >= 11 is 0. The lowest BCUT2D eigenvalue weighted by molar-refractivity contribution is -0.140. The quantitative estimate of drug-likeness (QED) is 0.713.